The van der Waals surface area contributed by atoms with Crippen molar-refractivity contribution in [2.24, 2.45) is 0 Å². The summed E-state index contributed by atoms with van der Waals surface area (Å²) in [7, 11) is 0. The molecule has 0 spiro atoms. The van der Waals surface area contributed by atoms with E-state index in [1.54, 1.807) is 17.6 Å². The zero-order valence-electron chi connectivity index (χ0n) is 9.49. The highest BCUT2D eigenvalue weighted by molar-refractivity contribution is 7.15. The van der Waals surface area contributed by atoms with Crippen LogP contribution in [0.2, 0.25) is 0 Å². The van der Waals surface area contributed by atoms with E-state index in [1.807, 2.05) is 0 Å². The molecular formula is C11H8N4O3S. The van der Waals surface area contributed by atoms with Gasteiger partial charge in [0.15, 0.2) is 16.4 Å². The highest BCUT2D eigenvalue weighted by Gasteiger charge is 2.16. The zero-order valence-corrected chi connectivity index (χ0v) is 10.3. The van der Waals surface area contributed by atoms with E-state index in [2.05, 4.69) is 10.3 Å². The summed E-state index contributed by atoms with van der Waals surface area (Å²) in [6.07, 6.45) is 3.04. The Balaban J connectivity index is 2.05. The van der Waals surface area contributed by atoms with Crippen LogP contribution in [0.25, 0.3) is 4.96 Å². The topological polar surface area (TPSA) is 103 Å². The van der Waals surface area contributed by atoms with E-state index in [-0.39, 0.29) is 17.3 Å². The Morgan fingerprint density at radius 1 is 1.53 bits per heavy atom. The van der Waals surface area contributed by atoms with Gasteiger partial charge in [-0.3, -0.25) is 14.0 Å². The second-order valence-electron chi connectivity index (χ2n) is 3.66. The number of thiazole rings is 1. The van der Waals surface area contributed by atoms with Crippen LogP contribution in [-0.4, -0.2) is 15.3 Å². The van der Waals surface area contributed by atoms with Crippen LogP contribution in [0.4, 0.5) is 11.5 Å². The maximum absolute atomic E-state index is 11.8. The summed E-state index contributed by atoms with van der Waals surface area (Å²) in [6.45, 7) is 0. The number of nitrogens with zero attached hydrogens (tertiary/aromatic N) is 2. The lowest BCUT2D eigenvalue weighted by molar-refractivity contribution is 0.0996. The van der Waals surface area contributed by atoms with Gasteiger partial charge in [0.1, 0.15) is 5.82 Å². The Kier molecular flexibility index (Phi) is 2.57. The highest BCUT2D eigenvalue weighted by Crippen LogP contribution is 2.18. The molecule has 0 aliphatic heterocycles. The zero-order chi connectivity index (χ0) is 13.4. The third-order valence-electron chi connectivity index (χ3n) is 2.50. The number of nitrogens with two attached hydrogens (primary N) is 1. The van der Waals surface area contributed by atoms with Crippen LogP contribution in [-0.2, 0) is 0 Å². The summed E-state index contributed by atoms with van der Waals surface area (Å²) in [5, 5.41) is 4.16. The molecule has 3 aromatic rings. The van der Waals surface area contributed by atoms with Gasteiger partial charge in [0, 0.05) is 11.6 Å². The molecule has 7 nitrogen and oxygen atoms in total. The predicted molar refractivity (Wildman–Crippen MR) is 70.4 cm³/mol. The Morgan fingerprint density at radius 2 is 2.37 bits per heavy atom. The largest absolute Gasteiger partial charge is 0.459 e. The molecule has 0 unspecified atom stereocenters. The van der Waals surface area contributed by atoms with E-state index >= 15 is 0 Å². The van der Waals surface area contributed by atoms with Gasteiger partial charge in [0.2, 0.25) is 0 Å². The van der Waals surface area contributed by atoms with Crippen molar-refractivity contribution >= 4 is 33.7 Å². The molecule has 0 aliphatic carbocycles. The fraction of sp³-hybridized carbons (Fsp3) is 0. The molecular weight excluding hydrogens is 268 g/mol. The third-order valence-corrected chi connectivity index (χ3v) is 3.26. The number of amides is 1. The van der Waals surface area contributed by atoms with Crippen molar-refractivity contribution < 1.29 is 9.21 Å². The summed E-state index contributed by atoms with van der Waals surface area (Å²) in [5.74, 6) is -0.323. The third kappa shape index (κ3) is 1.87. The number of furan rings is 1. The van der Waals surface area contributed by atoms with E-state index in [0.29, 0.717) is 4.96 Å². The van der Waals surface area contributed by atoms with Crippen molar-refractivity contribution in [1.82, 2.24) is 9.38 Å². The first-order chi connectivity index (χ1) is 9.16. The van der Waals surface area contributed by atoms with Gasteiger partial charge in [0.05, 0.1) is 6.26 Å². The molecule has 19 heavy (non-hydrogen) atoms. The number of rotatable bonds is 2. The number of fused-ring (bicyclic) bond motifs is 1. The first kappa shape index (κ1) is 11.5. The Labute approximate surface area is 110 Å². The van der Waals surface area contributed by atoms with Crippen LogP contribution < -0.4 is 16.6 Å². The van der Waals surface area contributed by atoms with Gasteiger partial charge < -0.3 is 15.5 Å². The molecule has 3 rings (SSSR count). The van der Waals surface area contributed by atoms with E-state index in [1.165, 1.54) is 28.1 Å². The average Bonchev–Trinajstić information content (AvgIpc) is 3.04. The van der Waals surface area contributed by atoms with E-state index in [9.17, 15) is 9.59 Å². The van der Waals surface area contributed by atoms with Crippen LogP contribution in [0.15, 0.2) is 39.2 Å². The minimum Gasteiger partial charge on any atom is -0.459 e. The van der Waals surface area contributed by atoms with Crippen molar-refractivity contribution in [3.8, 4) is 0 Å². The van der Waals surface area contributed by atoms with Crippen molar-refractivity contribution in [1.29, 1.82) is 0 Å². The lowest BCUT2D eigenvalue weighted by Gasteiger charge is -2.06. The number of nitrogens with one attached hydrogen (secondary N) is 1. The Hall–Kier alpha value is -2.61. The fourth-order valence-electron chi connectivity index (χ4n) is 1.61. The lowest BCUT2D eigenvalue weighted by Crippen LogP contribution is -2.22. The Morgan fingerprint density at radius 3 is 3.11 bits per heavy atom. The van der Waals surface area contributed by atoms with Crippen LogP contribution >= 0.6 is 11.3 Å². The quantitative estimate of drug-likeness (QED) is 0.731. The second-order valence-corrected chi connectivity index (χ2v) is 4.54. The highest BCUT2D eigenvalue weighted by atomic mass is 32.1. The van der Waals surface area contributed by atoms with Crippen LogP contribution in [0.5, 0.6) is 0 Å². The molecule has 0 bridgehead atoms. The SMILES string of the molecule is Nc1c(NC(=O)c2ccco2)c(=O)nc2sccn12. The van der Waals surface area contributed by atoms with Crippen molar-refractivity contribution in [2.75, 3.05) is 11.1 Å². The number of anilines is 2. The molecule has 0 fully saturated rings. The van der Waals surface area contributed by atoms with Crippen LogP contribution in [0.1, 0.15) is 10.6 Å². The number of carbonyl (C=O) groups excluding carboxylic acids is 1. The molecule has 8 heteroatoms. The van der Waals surface area contributed by atoms with Crippen LogP contribution in [0.3, 0.4) is 0 Å². The summed E-state index contributed by atoms with van der Waals surface area (Å²) in [4.78, 5) is 27.9. The molecule has 0 radical (unpaired) electrons. The first-order valence-electron chi connectivity index (χ1n) is 5.27. The minimum absolute atomic E-state index is 0.0581. The average molecular weight is 276 g/mol. The molecule has 0 aliphatic rings. The predicted octanol–water partition coefficient (Wildman–Crippen LogP) is 1.18. The number of nitrogen functional groups attached to an aromatic ring is 1. The standard InChI is InChI=1S/C11H8N4O3S/c12-8-7(13-9(16)6-2-1-4-18-6)10(17)14-11-15(8)3-5-19-11/h1-5H,12H2,(H,13,16). The molecule has 3 heterocycles. The number of hydrogen-bond acceptors (Lipinski definition) is 6. The van der Waals surface area contributed by atoms with E-state index < -0.39 is 11.5 Å². The van der Waals surface area contributed by atoms with Gasteiger partial charge in [-0.05, 0) is 12.1 Å². The number of aromatic nitrogens is 2. The summed E-state index contributed by atoms with van der Waals surface area (Å²) < 4.78 is 6.47. The van der Waals surface area contributed by atoms with E-state index in [4.69, 9.17) is 10.2 Å². The number of carbonyl (C=O) groups is 1. The summed E-state index contributed by atoms with van der Waals surface area (Å²) in [6, 6.07) is 3.06. The van der Waals surface area contributed by atoms with Crippen molar-refractivity contribution in [3.05, 3.63) is 46.1 Å². The van der Waals surface area contributed by atoms with Gasteiger partial charge in [-0.25, -0.2) is 0 Å². The Bertz CT molecular complexity index is 803. The normalized spacial score (nSPS) is 10.7. The molecule has 96 valence electrons. The molecule has 1 amide bonds. The molecule has 0 aromatic carbocycles. The summed E-state index contributed by atoms with van der Waals surface area (Å²) in [5.41, 5.74) is 5.21. The lowest BCUT2D eigenvalue weighted by atomic mass is 10.4. The van der Waals surface area contributed by atoms with Gasteiger partial charge in [-0.15, -0.1) is 11.3 Å². The maximum Gasteiger partial charge on any atom is 0.299 e. The molecule has 0 atom stereocenters. The van der Waals surface area contributed by atoms with Gasteiger partial charge >= 0.3 is 0 Å². The van der Waals surface area contributed by atoms with Crippen molar-refractivity contribution in [2.45, 2.75) is 0 Å². The minimum atomic E-state index is -0.583. The van der Waals surface area contributed by atoms with Crippen LogP contribution in [0, 0.1) is 0 Å². The second kappa shape index (κ2) is 4.25. The number of hydrogen-bond donors (Lipinski definition) is 2. The molecule has 0 saturated carbocycles. The first-order valence-corrected chi connectivity index (χ1v) is 6.15. The molecule has 3 N–H and O–H groups in total. The van der Waals surface area contributed by atoms with Gasteiger partial charge in [-0.1, -0.05) is 0 Å². The van der Waals surface area contributed by atoms with Gasteiger partial charge in [0.25, 0.3) is 11.5 Å². The molecule has 0 saturated heterocycles. The van der Waals surface area contributed by atoms with E-state index in [0.717, 1.165) is 0 Å². The van der Waals surface area contributed by atoms with Gasteiger partial charge in [-0.2, -0.15) is 4.98 Å². The monoisotopic (exact) mass is 276 g/mol. The maximum atomic E-state index is 11.8. The molecule has 3 aromatic heterocycles. The van der Waals surface area contributed by atoms with Crippen molar-refractivity contribution in [3.63, 3.8) is 0 Å². The fourth-order valence-corrected chi connectivity index (χ4v) is 2.32. The summed E-state index contributed by atoms with van der Waals surface area (Å²) >= 11 is 1.28. The smallest absolute Gasteiger partial charge is 0.299 e.